The van der Waals surface area contributed by atoms with Crippen LogP contribution in [0, 0.1) is 6.92 Å². The molecule has 0 unspecified atom stereocenters. The molecular weight excluding hydrogens is 444 g/mol. The lowest BCUT2D eigenvalue weighted by Gasteiger charge is -2.21. The molecule has 1 aliphatic rings. The van der Waals surface area contributed by atoms with E-state index in [1.807, 2.05) is 36.1 Å². The van der Waals surface area contributed by atoms with Gasteiger partial charge in [0.2, 0.25) is 11.8 Å². The van der Waals surface area contributed by atoms with Crippen molar-refractivity contribution in [3.63, 3.8) is 0 Å². The number of aliphatic hydroxyl groups excluding tert-OH is 1. The second kappa shape index (κ2) is 9.42. The normalized spacial score (nSPS) is 19.0. The van der Waals surface area contributed by atoms with Gasteiger partial charge >= 0.3 is 0 Å². The lowest BCUT2D eigenvalue weighted by molar-refractivity contribution is -0.114. The predicted molar refractivity (Wildman–Crippen MR) is 121 cm³/mol. The molecule has 0 spiro atoms. The van der Waals surface area contributed by atoms with Gasteiger partial charge in [0, 0.05) is 25.7 Å². The number of nitrogens with zero attached hydrogens (tertiary/aromatic N) is 3. The molecule has 0 saturated carbocycles. The molecule has 1 saturated heterocycles. The van der Waals surface area contributed by atoms with E-state index in [9.17, 15) is 18.3 Å². The number of rotatable bonds is 7. The fourth-order valence-corrected chi connectivity index (χ4v) is 5.08. The predicted octanol–water partition coefficient (Wildman–Crippen LogP) is 2.62. The second-order valence-corrected chi connectivity index (χ2v) is 10.3. The molecule has 9 nitrogen and oxygen atoms in total. The summed E-state index contributed by atoms with van der Waals surface area (Å²) in [5, 5.41) is 16.9. The maximum absolute atomic E-state index is 12.7. The molecule has 2 heterocycles. The van der Waals surface area contributed by atoms with Gasteiger partial charge in [-0.1, -0.05) is 35.0 Å². The molecule has 0 radical (unpaired) electrons. The number of likely N-dealkylation sites (tertiary alicyclic amines) is 1. The Morgan fingerprint density at radius 3 is 2.55 bits per heavy atom. The first-order valence-electron chi connectivity index (χ1n) is 10.6. The summed E-state index contributed by atoms with van der Waals surface area (Å²) in [5.74, 6) is -0.122. The van der Waals surface area contributed by atoms with Crippen LogP contribution in [0.3, 0.4) is 0 Å². The highest BCUT2D eigenvalue weighted by Crippen LogP contribution is 2.33. The van der Waals surface area contributed by atoms with E-state index >= 15 is 0 Å². The summed E-state index contributed by atoms with van der Waals surface area (Å²) >= 11 is 0. The highest BCUT2D eigenvalue weighted by atomic mass is 32.2. The number of carbonyl (C=O) groups excluding carboxylic acids is 1. The number of anilines is 1. The molecule has 1 aromatic heterocycles. The Labute approximate surface area is 192 Å². The fraction of sp³-hybridized carbons (Fsp3) is 0.348. The van der Waals surface area contributed by atoms with Crippen LogP contribution in [-0.4, -0.2) is 47.1 Å². The zero-order valence-corrected chi connectivity index (χ0v) is 19.2. The summed E-state index contributed by atoms with van der Waals surface area (Å²) in [7, 11) is -3.60. The number of aliphatic hydroxyl groups is 1. The molecular formula is C23H26N4O5S. The van der Waals surface area contributed by atoms with Gasteiger partial charge in [0.1, 0.15) is 5.75 Å². The molecule has 0 aliphatic carbocycles. The first-order chi connectivity index (χ1) is 15.7. The summed E-state index contributed by atoms with van der Waals surface area (Å²) in [6.07, 6.45) is -0.142. The molecule has 174 valence electrons. The lowest BCUT2D eigenvalue weighted by atomic mass is 10.1. The van der Waals surface area contributed by atoms with Crippen molar-refractivity contribution in [2.75, 3.05) is 11.9 Å². The van der Waals surface area contributed by atoms with Gasteiger partial charge in [-0.25, -0.2) is 8.42 Å². The van der Waals surface area contributed by atoms with Crippen LogP contribution in [-0.2, 0) is 26.9 Å². The monoisotopic (exact) mass is 470 g/mol. The van der Waals surface area contributed by atoms with Crippen LogP contribution >= 0.6 is 0 Å². The van der Waals surface area contributed by atoms with Crippen LogP contribution in [0.2, 0.25) is 0 Å². The van der Waals surface area contributed by atoms with Crippen LogP contribution in [0.1, 0.15) is 42.2 Å². The van der Waals surface area contributed by atoms with Crippen LogP contribution in [0.25, 0.3) is 0 Å². The van der Waals surface area contributed by atoms with E-state index in [0.717, 1.165) is 11.1 Å². The molecule has 1 amide bonds. The van der Waals surface area contributed by atoms with Gasteiger partial charge in [0.15, 0.2) is 15.7 Å². The van der Waals surface area contributed by atoms with Gasteiger partial charge in [-0.2, -0.15) is 4.98 Å². The minimum Gasteiger partial charge on any atom is -0.392 e. The van der Waals surface area contributed by atoms with E-state index in [1.54, 1.807) is 24.3 Å². The third-order valence-corrected chi connectivity index (χ3v) is 7.14. The molecule has 4 rings (SSSR count). The molecule has 10 heteroatoms. The van der Waals surface area contributed by atoms with Crippen LogP contribution < -0.4 is 5.32 Å². The second-order valence-electron chi connectivity index (χ2n) is 8.33. The first kappa shape index (κ1) is 23.1. The minimum absolute atomic E-state index is 0.0894. The minimum atomic E-state index is -3.60. The summed E-state index contributed by atoms with van der Waals surface area (Å²) in [4.78, 5) is 17.7. The Morgan fingerprint density at radius 1 is 1.18 bits per heavy atom. The van der Waals surface area contributed by atoms with Crippen molar-refractivity contribution >= 4 is 21.4 Å². The van der Waals surface area contributed by atoms with E-state index in [2.05, 4.69) is 15.5 Å². The summed E-state index contributed by atoms with van der Waals surface area (Å²) in [5.41, 5.74) is 2.67. The Morgan fingerprint density at radius 2 is 1.88 bits per heavy atom. The van der Waals surface area contributed by atoms with Crippen molar-refractivity contribution in [1.82, 2.24) is 15.0 Å². The molecule has 33 heavy (non-hydrogen) atoms. The SMILES string of the molecule is CC(=O)Nc1ccc(CN2C[C@H](O)C[C@H]2c2nc(CS(=O)(=O)c3ccc(C)cc3)no2)cc1. The number of carbonyl (C=O) groups is 1. The summed E-state index contributed by atoms with van der Waals surface area (Å²) < 4.78 is 30.8. The molecule has 1 fully saturated rings. The zero-order valence-electron chi connectivity index (χ0n) is 18.4. The maximum Gasteiger partial charge on any atom is 0.244 e. The molecule has 2 N–H and O–H groups in total. The first-order valence-corrected chi connectivity index (χ1v) is 12.3. The average Bonchev–Trinajstić information content (AvgIpc) is 3.35. The van der Waals surface area contributed by atoms with Crippen molar-refractivity contribution in [2.45, 2.75) is 49.6 Å². The van der Waals surface area contributed by atoms with E-state index in [0.29, 0.717) is 25.2 Å². The van der Waals surface area contributed by atoms with Crippen LogP contribution in [0.4, 0.5) is 5.69 Å². The molecule has 1 aliphatic heterocycles. The van der Waals surface area contributed by atoms with Crippen molar-refractivity contribution < 1.29 is 22.8 Å². The van der Waals surface area contributed by atoms with Crippen molar-refractivity contribution in [2.24, 2.45) is 0 Å². The Hall–Kier alpha value is -3.08. The Balaban J connectivity index is 1.46. The maximum atomic E-state index is 12.7. The van der Waals surface area contributed by atoms with E-state index in [4.69, 9.17) is 4.52 Å². The summed E-state index contributed by atoms with van der Waals surface area (Å²) in [6, 6.07) is 13.7. The number of β-amino-alcohol motifs (C(OH)–C–C–N with tert-alkyl or cyclic N) is 1. The topological polar surface area (TPSA) is 126 Å². The van der Waals surface area contributed by atoms with Crippen LogP contribution in [0.15, 0.2) is 57.9 Å². The molecule has 0 bridgehead atoms. The highest BCUT2D eigenvalue weighted by molar-refractivity contribution is 7.90. The van der Waals surface area contributed by atoms with Crippen LogP contribution in [0.5, 0.6) is 0 Å². The quantitative estimate of drug-likeness (QED) is 0.540. The number of aryl methyl sites for hydroxylation is 1. The lowest BCUT2D eigenvalue weighted by Crippen LogP contribution is -2.24. The van der Waals surface area contributed by atoms with Gasteiger partial charge in [-0.15, -0.1) is 0 Å². The van der Waals surface area contributed by atoms with E-state index in [-0.39, 0.29) is 34.3 Å². The third-order valence-electron chi connectivity index (χ3n) is 5.51. The number of benzene rings is 2. The fourth-order valence-electron chi connectivity index (χ4n) is 3.90. The van der Waals surface area contributed by atoms with Crippen molar-refractivity contribution in [1.29, 1.82) is 0 Å². The smallest absolute Gasteiger partial charge is 0.244 e. The molecule has 2 aromatic carbocycles. The Bertz CT molecular complexity index is 1220. The summed E-state index contributed by atoms with van der Waals surface area (Å²) in [6.45, 7) is 4.30. The number of amides is 1. The molecule has 2 atom stereocenters. The molecule has 3 aromatic rings. The number of aromatic nitrogens is 2. The van der Waals surface area contributed by atoms with E-state index in [1.165, 1.54) is 6.92 Å². The third kappa shape index (κ3) is 5.65. The zero-order chi connectivity index (χ0) is 23.6. The van der Waals surface area contributed by atoms with Crippen molar-refractivity contribution in [3.8, 4) is 0 Å². The van der Waals surface area contributed by atoms with Gasteiger partial charge in [0.05, 0.1) is 17.0 Å². The highest BCUT2D eigenvalue weighted by Gasteiger charge is 2.36. The largest absolute Gasteiger partial charge is 0.392 e. The number of hydrogen-bond donors (Lipinski definition) is 2. The standard InChI is InChI=1S/C23H26N4O5S/c1-15-3-9-20(10-4-15)33(30,31)14-22-25-23(32-26-22)21-11-19(29)13-27(21)12-17-5-7-18(8-6-17)24-16(2)28/h3-10,19,21,29H,11-14H2,1-2H3,(H,24,28)/t19-,21+/m1/s1. The number of hydrogen-bond acceptors (Lipinski definition) is 8. The average molecular weight is 471 g/mol. The van der Waals surface area contributed by atoms with Crippen molar-refractivity contribution in [3.05, 3.63) is 71.4 Å². The Kier molecular flexibility index (Phi) is 6.59. The number of sulfone groups is 1. The van der Waals surface area contributed by atoms with Gasteiger partial charge in [-0.05, 0) is 43.2 Å². The van der Waals surface area contributed by atoms with Gasteiger partial charge in [0.25, 0.3) is 0 Å². The number of nitrogens with one attached hydrogen (secondary N) is 1. The van der Waals surface area contributed by atoms with Gasteiger partial charge < -0.3 is 14.9 Å². The van der Waals surface area contributed by atoms with Gasteiger partial charge in [-0.3, -0.25) is 9.69 Å². The van der Waals surface area contributed by atoms with E-state index < -0.39 is 15.9 Å².